The van der Waals surface area contributed by atoms with Crippen molar-refractivity contribution in [2.45, 2.75) is 20.0 Å². The molecule has 7 heteroatoms. The smallest absolute Gasteiger partial charge is 0.270 e. The lowest BCUT2D eigenvalue weighted by atomic mass is 10.1. The molecule has 0 atom stereocenters. The zero-order valence-electron chi connectivity index (χ0n) is 16.7. The SMILES string of the molecule is COc1ccc(CNc2cc(C(=O)NCc3cccc(C)c3)ncn2)cc1OC. The van der Waals surface area contributed by atoms with Crippen molar-refractivity contribution in [3.63, 3.8) is 0 Å². The first-order valence-corrected chi connectivity index (χ1v) is 9.19. The number of rotatable bonds is 8. The average molecular weight is 392 g/mol. The van der Waals surface area contributed by atoms with Crippen molar-refractivity contribution in [3.05, 3.63) is 77.2 Å². The Labute approximate surface area is 170 Å². The van der Waals surface area contributed by atoms with Crippen molar-refractivity contribution >= 4 is 11.7 Å². The van der Waals surface area contributed by atoms with Gasteiger partial charge in [-0.1, -0.05) is 35.9 Å². The molecule has 0 fully saturated rings. The van der Waals surface area contributed by atoms with Crippen LogP contribution in [0.3, 0.4) is 0 Å². The number of nitrogens with one attached hydrogen (secondary N) is 2. The van der Waals surface area contributed by atoms with Crippen LogP contribution in [0.2, 0.25) is 0 Å². The second-order valence-electron chi connectivity index (χ2n) is 6.50. The van der Waals surface area contributed by atoms with E-state index in [1.54, 1.807) is 20.3 Å². The summed E-state index contributed by atoms with van der Waals surface area (Å²) in [5, 5.41) is 6.08. The van der Waals surface area contributed by atoms with E-state index in [9.17, 15) is 4.79 Å². The molecule has 150 valence electrons. The van der Waals surface area contributed by atoms with Gasteiger partial charge in [-0.25, -0.2) is 9.97 Å². The van der Waals surface area contributed by atoms with Crippen molar-refractivity contribution in [1.29, 1.82) is 0 Å². The van der Waals surface area contributed by atoms with Crippen LogP contribution in [0.5, 0.6) is 11.5 Å². The fourth-order valence-electron chi connectivity index (χ4n) is 2.86. The van der Waals surface area contributed by atoms with E-state index in [0.29, 0.717) is 36.1 Å². The maximum Gasteiger partial charge on any atom is 0.270 e. The number of hydrogen-bond acceptors (Lipinski definition) is 6. The molecule has 2 aromatic carbocycles. The highest BCUT2D eigenvalue weighted by molar-refractivity contribution is 5.92. The lowest BCUT2D eigenvalue weighted by Gasteiger charge is -2.11. The largest absolute Gasteiger partial charge is 0.493 e. The van der Waals surface area contributed by atoms with Gasteiger partial charge in [-0.15, -0.1) is 0 Å². The fourth-order valence-corrected chi connectivity index (χ4v) is 2.86. The second kappa shape index (κ2) is 9.54. The predicted octanol–water partition coefficient (Wildman–Crippen LogP) is 3.34. The Morgan fingerprint density at radius 1 is 0.931 bits per heavy atom. The maximum atomic E-state index is 12.4. The number of aryl methyl sites for hydroxylation is 1. The lowest BCUT2D eigenvalue weighted by Crippen LogP contribution is -2.24. The number of anilines is 1. The minimum Gasteiger partial charge on any atom is -0.493 e. The number of carbonyl (C=O) groups excluding carboxylic acids is 1. The van der Waals surface area contributed by atoms with Crippen LogP contribution in [0.25, 0.3) is 0 Å². The normalized spacial score (nSPS) is 10.3. The molecular formula is C22H24N4O3. The van der Waals surface area contributed by atoms with Gasteiger partial charge in [-0.2, -0.15) is 0 Å². The Hall–Kier alpha value is -3.61. The van der Waals surface area contributed by atoms with Gasteiger partial charge in [0.2, 0.25) is 0 Å². The van der Waals surface area contributed by atoms with Crippen LogP contribution in [-0.2, 0) is 13.1 Å². The summed E-state index contributed by atoms with van der Waals surface area (Å²) in [6.07, 6.45) is 1.37. The van der Waals surface area contributed by atoms with Crippen LogP contribution in [-0.4, -0.2) is 30.1 Å². The Morgan fingerprint density at radius 3 is 2.48 bits per heavy atom. The van der Waals surface area contributed by atoms with Crippen LogP contribution in [0.4, 0.5) is 5.82 Å². The van der Waals surface area contributed by atoms with E-state index >= 15 is 0 Å². The Bertz CT molecular complexity index is 991. The Morgan fingerprint density at radius 2 is 1.72 bits per heavy atom. The summed E-state index contributed by atoms with van der Waals surface area (Å²) in [5.74, 6) is 1.65. The number of ether oxygens (including phenoxy) is 2. The van der Waals surface area contributed by atoms with E-state index in [1.165, 1.54) is 6.33 Å². The number of amides is 1. The van der Waals surface area contributed by atoms with Crippen molar-refractivity contribution in [2.75, 3.05) is 19.5 Å². The number of aromatic nitrogens is 2. The molecule has 0 aliphatic carbocycles. The Kier molecular flexibility index (Phi) is 6.63. The highest BCUT2D eigenvalue weighted by atomic mass is 16.5. The number of benzene rings is 2. The van der Waals surface area contributed by atoms with E-state index in [4.69, 9.17) is 9.47 Å². The minimum absolute atomic E-state index is 0.247. The summed E-state index contributed by atoms with van der Waals surface area (Å²) in [4.78, 5) is 20.7. The average Bonchev–Trinajstić information content (AvgIpc) is 2.76. The quantitative estimate of drug-likeness (QED) is 0.612. The molecule has 0 spiro atoms. The van der Waals surface area contributed by atoms with E-state index < -0.39 is 0 Å². The van der Waals surface area contributed by atoms with Crippen LogP contribution >= 0.6 is 0 Å². The molecule has 0 saturated heterocycles. The summed E-state index contributed by atoms with van der Waals surface area (Å²) in [6, 6.07) is 15.3. The molecule has 3 rings (SSSR count). The molecular weight excluding hydrogens is 368 g/mol. The van der Waals surface area contributed by atoms with Crippen molar-refractivity contribution in [2.24, 2.45) is 0 Å². The minimum atomic E-state index is -0.247. The molecule has 0 saturated carbocycles. The van der Waals surface area contributed by atoms with Gasteiger partial charge in [0.15, 0.2) is 11.5 Å². The van der Waals surface area contributed by atoms with Crippen LogP contribution in [0, 0.1) is 6.92 Å². The number of carbonyl (C=O) groups is 1. The molecule has 3 aromatic rings. The molecule has 1 aromatic heterocycles. The molecule has 0 radical (unpaired) electrons. The second-order valence-corrected chi connectivity index (χ2v) is 6.50. The van der Waals surface area contributed by atoms with E-state index in [0.717, 1.165) is 16.7 Å². The molecule has 1 heterocycles. The van der Waals surface area contributed by atoms with Gasteiger partial charge in [0.05, 0.1) is 14.2 Å². The molecule has 2 N–H and O–H groups in total. The highest BCUT2D eigenvalue weighted by Crippen LogP contribution is 2.27. The molecule has 29 heavy (non-hydrogen) atoms. The fraction of sp³-hybridized carbons (Fsp3) is 0.227. The summed E-state index contributed by atoms with van der Waals surface area (Å²) >= 11 is 0. The molecule has 0 aliphatic rings. The highest BCUT2D eigenvalue weighted by Gasteiger charge is 2.09. The molecule has 0 bridgehead atoms. The molecule has 1 amide bonds. The van der Waals surface area contributed by atoms with Gasteiger partial charge in [-0.3, -0.25) is 4.79 Å². The Balaban J connectivity index is 1.61. The van der Waals surface area contributed by atoms with Gasteiger partial charge in [0.1, 0.15) is 17.8 Å². The number of methoxy groups -OCH3 is 2. The topological polar surface area (TPSA) is 85.4 Å². The summed E-state index contributed by atoms with van der Waals surface area (Å²) < 4.78 is 10.6. The van der Waals surface area contributed by atoms with E-state index in [-0.39, 0.29) is 5.91 Å². The predicted molar refractivity (Wildman–Crippen MR) is 111 cm³/mol. The zero-order valence-corrected chi connectivity index (χ0v) is 16.7. The first kappa shape index (κ1) is 20.1. The number of hydrogen-bond donors (Lipinski definition) is 2. The van der Waals surface area contributed by atoms with Crippen LogP contribution in [0.1, 0.15) is 27.2 Å². The summed E-state index contributed by atoms with van der Waals surface area (Å²) in [6.45, 7) is 2.98. The third-order valence-corrected chi connectivity index (χ3v) is 4.36. The first-order chi connectivity index (χ1) is 14.1. The van der Waals surface area contributed by atoms with Gasteiger partial charge >= 0.3 is 0 Å². The number of nitrogens with zero attached hydrogens (tertiary/aromatic N) is 2. The molecule has 7 nitrogen and oxygen atoms in total. The van der Waals surface area contributed by atoms with Crippen molar-refractivity contribution in [1.82, 2.24) is 15.3 Å². The molecule has 0 unspecified atom stereocenters. The van der Waals surface area contributed by atoms with Gasteiger partial charge in [0, 0.05) is 19.2 Å². The van der Waals surface area contributed by atoms with Crippen molar-refractivity contribution in [3.8, 4) is 11.5 Å². The van der Waals surface area contributed by atoms with Crippen LogP contribution in [0.15, 0.2) is 54.9 Å². The van der Waals surface area contributed by atoms with E-state index in [2.05, 4.69) is 20.6 Å². The lowest BCUT2D eigenvalue weighted by molar-refractivity contribution is 0.0945. The third-order valence-electron chi connectivity index (χ3n) is 4.36. The summed E-state index contributed by atoms with van der Waals surface area (Å²) in [7, 11) is 3.20. The van der Waals surface area contributed by atoms with E-state index in [1.807, 2.05) is 49.4 Å². The monoisotopic (exact) mass is 392 g/mol. The van der Waals surface area contributed by atoms with Gasteiger partial charge in [-0.05, 0) is 30.2 Å². The van der Waals surface area contributed by atoms with Gasteiger partial charge in [0.25, 0.3) is 5.91 Å². The van der Waals surface area contributed by atoms with Gasteiger partial charge < -0.3 is 20.1 Å². The first-order valence-electron chi connectivity index (χ1n) is 9.19. The van der Waals surface area contributed by atoms with Crippen molar-refractivity contribution < 1.29 is 14.3 Å². The summed E-state index contributed by atoms with van der Waals surface area (Å²) in [5.41, 5.74) is 3.49. The molecule has 0 aliphatic heterocycles. The van der Waals surface area contributed by atoms with Crippen LogP contribution < -0.4 is 20.1 Å². The standard InChI is InChI=1S/C22H24N4O3/c1-15-5-4-6-16(9-15)13-24-22(27)18-11-21(26-14-25-18)23-12-17-7-8-19(28-2)20(10-17)29-3/h4-11,14H,12-13H2,1-3H3,(H,24,27)(H,23,25,26). The maximum absolute atomic E-state index is 12.4. The third kappa shape index (κ3) is 5.44. The zero-order chi connectivity index (χ0) is 20.6.